The number of benzene rings is 2. The second kappa shape index (κ2) is 8.07. The van der Waals surface area contributed by atoms with Gasteiger partial charge in [-0.25, -0.2) is 0 Å². The molecule has 1 aliphatic rings. The number of carbonyl (C=O) groups is 1. The number of hydrogen-bond acceptors (Lipinski definition) is 5. The third-order valence-corrected chi connectivity index (χ3v) is 4.67. The van der Waals surface area contributed by atoms with Gasteiger partial charge in [-0.1, -0.05) is 12.1 Å². The van der Waals surface area contributed by atoms with Crippen molar-refractivity contribution in [2.75, 3.05) is 31.1 Å². The zero-order valence-corrected chi connectivity index (χ0v) is 15.5. The van der Waals surface area contributed by atoms with E-state index < -0.39 is 11.0 Å². The highest BCUT2D eigenvalue weighted by Gasteiger charge is 2.26. The molecule has 0 N–H and O–H groups in total. The van der Waals surface area contributed by atoms with Crippen molar-refractivity contribution in [1.82, 2.24) is 4.90 Å². The van der Waals surface area contributed by atoms with Gasteiger partial charge >= 0.3 is 0 Å². The lowest BCUT2D eigenvalue weighted by molar-refractivity contribution is -0.384. The van der Waals surface area contributed by atoms with E-state index in [4.69, 9.17) is 4.74 Å². The van der Waals surface area contributed by atoms with E-state index in [0.717, 1.165) is 11.3 Å². The first kappa shape index (κ1) is 18.7. The van der Waals surface area contributed by atoms with E-state index in [1.807, 2.05) is 36.1 Å². The van der Waals surface area contributed by atoms with E-state index >= 15 is 0 Å². The molecule has 1 unspecified atom stereocenters. The number of anilines is 1. The van der Waals surface area contributed by atoms with Crippen LogP contribution in [0.4, 0.5) is 11.4 Å². The van der Waals surface area contributed by atoms with Crippen LogP contribution in [0.3, 0.4) is 0 Å². The molecule has 27 heavy (non-hydrogen) atoms. The quantitative estimate of drug-likeness (QED) is 0.598. The molecule has 1 heterocycles. The minimum atomic E-state index is -0.544. The van der Waals surface area contributed by atoms with Crippen LogP contribution in [0.2, 0.25) is 0 Å². The van der Waals surface area contributed by atoms with Gasteiger partial charge in [-0.05, 0) is 43.7 Å². The van der Waals surface area contributed by atoms with Gasteiger partial charge in [-0.3, -0.25) is 14.9 Å². The number of non-ortho nitro benzene ring substituents is 1. The molecule has 1 aliphatic heterocycles. The molecule has 1 fully saturated rings. The Morgan fingerprint density at radius 2 is 1.78 bits per heavy atom. The highest BCUT2D eigenvalue weighted by molar-refractivity contribution is 5.81. The molecular weight excluding hydrogens is 346 g/mol. The van der Waals surface area contributed by atoms with Gasteiger partial charge in [0.15, 0.2) is 6.10 Å². The van der Waals surface area contributed by atoms with Crippen molar-refractivity contribution in [2.24, 2.45) is 0 Å². The number of aryl methyl sites for hydroxylation is 1. The predicted octanol–water partition coefficient (Wildman–Crippen LogP) is 3.02. The summed E-state index contributed by atoms with van der Waals surface area (Å²) in [5, 5.41) is 10.8. The molecule has 7 nitrogen and oxygen atoms in total. The van der Waals surface area contributed by atoms with Crippen LogP contribution >= 0.6 is 0 Å². The number of rotatable bonds is 5. The molecule has 3 rings (SSSR count). The monoisotopic (exact) mass is 369 g/mol. The van der Waals surface area contributed by atoms with Gasteiger partial charge in [0.05, 0.1) is 4.92 Å². The Morgan fingerprint density at radius 3 is 2.37 bits per heavy atom. The van der Waals surface area contributed by atoms with Crippen LogP contribution in [0.1, 0.15) is 12.5 Å². The van der Waals surface area contributed by atoms with Crippen molar-refractivity contribution in [3.05, 3.63) is 64.2 Å². The minimum Gasteiger partial charge on any atom is -0.481 e. The number of carbonyl (C=O) groups excluding carboxylic acids is 1. The summed E-state index contributed by atoms with van der Waals surface area (Å²) in [7, 11) is 0. The Morgan fingerprint density at radius 1 is 1.11 bits per heavy atom. The first-order chi connectivity index (χ1) is 12.9. The van der Waals surface area contributed by atoms with Crippen molar-refractivity contribution >= 4 is 17.3 Å². The van der Waals surface area contributed by atoms with Gasteiger partial charge < -0.3 is 14.5 Å². The smallest absolute Gasteiger partial charge is 0.269 e. The molecule has 2 aromatic carbocycles. The highest BCUT2D eigenvalue weighted by Crippen LogP contribution is 2.21. The average Bonchev–Trinajstić information content (AvgIpc) is 2.67. The zero-order chi connectivity index (χ0) is 19.4. The van der Waals surface area contributed by atoms with Crippen LogP contribution in [0, 0.1) is 17.0 Å². The first-order valence-corrected chi connectivity index (χ1v) is 8.95. The normalized spacial score (nSPS) is 15.3. The molecule has 1 saturated heterocycles. The molecule has 0 spiro atoms. The average molecular weight is 369 g/mol. The summed E-state index contributed by atoms with van der Waals surface area (Å²) in [6.45, 7) is 6.31. The number of nitro groups is 1. The molecular formula is C20H23N3O4. The Hall–Kier alpha value is -3.09. The summed E-state index contributed by atoms with van der Waals surface area (Å²) in [6, 6.07) is 14.2. The summed E-state index contributed by atoms with van der Waals surface area (Å²) in [4.78, 5) is 26.9. The highest BCUT2D eigenvalue weighted by atomic mass is 16.6. The largest absolute Gasteiger partial charge is 0.481 e. The number of ether oxygens (including phenoxy) is 1. The molecule has 0 bridgehead atoms. The standard InChI is InChI=1S/C20H23N3O4/c1-15-4-3-5-19(14-15)27-16(2)20(24)22-12-10-21(11-13-22)17-6-8-18(9-7-17)23(25)26/h3-9,14,16H,10-13H2,1-2H3. The predicted molar refractivity (Wildman–Crippen MR) is 103 cm³/mol. The number of hydrogen-bond donors (Lipinski definition) is 0. The number of amides is 1. The van der Waals surface area contributed by atoms with Crippen LogP contribution in [0.25, 0.3) is 0 Å². The SMILES string of the molecule is Cc1cccc(OC(C)C(=O)N2CCN(c3ccc([N+](=O)[O-])cc3)CC2)c1. The summed E-state index contributed by atoms with van der Waals surface area (Å²) in [6.07, 6.45) is -0.544. The molecule has 0 aromatic heterocycles. The lowest BCUT2D eigenvalue weighted by Gasteiger charge is -2.37. The van der Waals surface area contributed by atoms with Crippen LogP contribution in [0.5, 0.6) is 5.75 Å². The molecule has 0 aliphatic carbocycles. The lowest BCUT2D eigenvalue weighted by Crippen LogP contribution is -2.52. The van der Waals surface area contributed by atoms with Crippen LogP contribution in [0.15, 0.2) is 48.5 Å². The van der Waals surface area contributed by atoms with Gasteiger partial charge in [-0.15, -0.1) is 0 Å². The van der Waals surface area contributed by atoms with E-state index in [-0.39, 0.29) is 11.6 Å². The molecule has 1 atom stereocenters. The topological polar surface area (TPSA) is 75.9 Å². The number of nitrogens with zero attached hydrogens (tertiary/aromatic N) is 3. The maximum absolute atomic E-state index is 12.7. The van der Waals surface area contributed by atoms with E-state index in [1.54, 1.807) is 19.1 Å². The van der Waals surface area contributed by atoms with Crippen molar-refractivity contribution < 1.29 is 14.5 Å². The van der Waals surface area contributed by atoms with Crippen molar-refractivity contribution in [3.63, 3.8) is 0 Å². The van der Waals surface area contributed by atoms with Crippen LogP contribution in [-0.4, -0.2) is 48.0 Å². The Balaban J connectivity index is 1.54. The van der Waals surface area contributed by atoms with E-state index in [1.165, 1.54) is 12.1 Å². The second-order valence-corrected chi connectivity index (χ2v) is 6.66. The molecule has 142 valence electrons. The fourth-order valence-corrected chi connectivity index (χ4v) is 3.17. The zero-order valence-electron chi connectivity index (χ0n) is 15.5. The van der Waals surface area contributed by atoms with E-state index in [9.17, 15) is 14.9 Å². The maximum Gasteiger partial charge on any atom is 0.269 e. The second-order valence-electron chi connectivity index (χ2n) is 6.66. The van der Waals surface area contributed by atoms with E-state index in [2.05, 4.69) is 4.90 Å². The third kappa shape index (κ3) is 4.55. The fourth-order valence-electron chi connectivity index (χ4n) is 3.17. The van der Waals surface area contributed by atoms with Crippen molar-refractivity contribution in [1.29, 1.82) is 0 Å². The Kier molecular flexibility index (Phi) is 5.59. The molecule has 1 amide bonds. The Labute approximate surface area is 158 Å². The molecule has 0 saturated carbocycles. The first-order valence-electron chi connectivity index (χ1n) is 8.95. The fraction of sp³-hybridized carbons (Fsp3) is 0.350. The van der Waals surface area contributed by atoms with Crippen molar-refractivity contribution in [3.8, 4) is 5.75 Å². The number of nitro benzene ring substituents is 1. The molecule has 7 heteroatoms. The Bertz CT molecular complexity index is 814. The van der Waals surface area contributed by atoms with Gasteiger partial charge in [0.25, 0.3) is 11.6 Å². The van der Waals surface area contributed by atoms with Gasteiger partial charge in [0.2, 0.25) is 0 Å². The molecule has 2 aromatic rings. The summed E-state index contributed by atoms with van der Waals surface area (Å²) in [5.74, 6) is 0.667. The summed E-state index contributed by atoms with van der Waals surface area (Å²) < 4.78 is 5.79. The van der Waals surface area contributed by atoms with Gasteiger partial charge in [0, 0.05) is 44.0 Å². The maximum atomic E-state index is 12.7. The van der Waals surface area contributed by atoms with Gasteiger partial charge in [-0.2, -0.15) is 0 Å². The van der Waals surface area contributed by atoms with Crippen LogP contribution < -0.4 is 9.64 Å². The number of piperazine rings is 1. The lowest BCUT2D eigenvalue weighted by atomic mass is 10.2. The molecule has 0 radical (unpaired) electrons. The van der Waals surface area contributed by atoms with Crippen LogP contribution in [-0.2, 0) is 4.79 Å². The summed E-state index contributed by atoms with van der Waals surface area (Å²) >= 11 is 0. The van der Waals surface area contributed by atoms with E-state index in [0.29, 0.717) is 31.9 Å². The third-order valence-electron chi connectivity index (χ3n) is 4.67. The minimum absolute atomic E-state index is 0.0279. The summed E-state index contributed by atoms with van der Waals surface area (Å²) in [5.41, 5.74) is 2.09. The van der Waals surface area contributed by atoms with Crippen molar-refractivity contribution in [2.45, 2.75) is 20.0 Å². The van der Waals surface area contributed by atoms with Gasteiger partial charge in [0.1, 0.15) is 5.75 Å².